The Morgan fingerprint density at radius 1 is 1.17 bits per heavy atom. The maximum atomic E-state index is 12.3. The number of oxazole rings is 1. The minimum atomic E-state index is -3.53. The minimum Gasteiger partial charge on any atom is -0.408 e. The highest BCUT2D eigenvalue weighted by Crippen LogP contribution is 2.15. The molecule has 0 fully saturated rings. The van der Waals surface area contributed by atoms with Gasteiger partial charge in [-0.05, 0) is 42.7 Å². The van der Waals surface area contributed by atoms with Crippen molar-refractivity contribution in [3.05, 3.63) is 64.1 Å². The number of H-pyrrole nitrogens is 1. The van der Waals surface area contributed by atoms with E-state index in [4.69, 9.17) is 4.42 Å². The summed E-state index contributed by atoms with van der Waals surface area (Å²) in [5.74, 6) is -0.502. The van der Waals surface area contributed by atoms with Crippen molar-refractivity contribution in [2.24, 2.45) is 0 Å². The number of hydrogen-bond donors (Lipinski definition) is 2. The highest BCUT2D eigenvalue weighted by atomic mass is 32.2. The summed E-state index contributed by atoms with van der Waals surface area (Å²) in [6, 6.07) is 12.1. The second-order valence-electron chi connectivity index (χ2n) is 5.26. The van der Waals surface area contributed by atoms with Crippen molar-refractivity contribution in [1.29, 1.82) is 0 Å². The van der Waals surface area contributed by atoms with Crippen LogP contribution in [-0.4, -0.2) is 19.9 Å². The Kier molecular flexibility index (Phi) is 4.06. The summed E-state index contributed by atoms with van der Waals surface area (Å²) in [6.45, 7) is 2.03. The average molecular weight is 332 g/mol. The quantitative estimate of drug-likeness (QED) is 0.747. The van der Waals surface area contributed by atoms with Gasteiger partial charge in [0.05, 0.1) is 10.4 Å². The fourth-order valence-corrected chi connectivity index (χ4v) is 3.70. The summed E-state index contributed by atoms with van der Waals surface area (Å²) in [7, 11) is -3.53. The van der Waals surface area contributed by atoms with Gasteiger partial charge in [-0.25, -0.2) is 17.9 Å². The molecule has 0 saturated carbocycles. The molecule has 2 aromatic carbocycles. The Hall–Kier alpha value is -2.38. The number of fused-ring (bicyclic) bond motifs is 1. The summed E-state index contributed by atoms with van der Waals surface area (Å²) >= 11 is 0. The number of hydrogen-bond acceptors (Lipinski definition) is 4. The molecule has 1 aromatic heterocycles. The van der Waals surface area contributed by atoms with Crippen LogP contribution < -0.4 is 10.5 Å². The lowest BCUT2D eigenvalue weighted by Crippen LogP contribution is -2.26. The number of benzene rings is 2. The zero-order valence-corrected chi connectivity index (χ0v) is 13.3. The van der Waals surface area contributed by atoms with Gasteiger partial charge in [-0.15, -0.1) is 0 Å². The van der Waals surface area contributed by atoms with E-state index in [-0.39, 0.29) is 11.4 Å². The Labute approximate surface area is 133 Å². The molecule has 2 N–H and O–H groups in total. The van der Waals surface area contributed by atoms with E-state index in [0.29, 0.717) is 23.1 Å². The van der Waals surface area contributed by atoms with Gasteiger partial charge in [-0.1, -0.05) is 24.3 Å². The molecule has 0 aliphatic heterocycles. The zero-order valence-electron chi connectivity index (χ0n) is 12.5. The molecule has 23 heavy (non-hydrogen) atoms. The molecule has 6 nitrogen and oxygen atoms in total. The Morgan fingerprint density at radius 2 is 1.96 bits per heavy atom. The van der Waals surface area contributed by atoms with Crippen LogP contribution in [0.4, 0.5) is 0 Å². The molecule has 3 rings (SSSR count). The first-order valence-electron chi connectivity index (χ1n) is 7.13. The number of aromatic nitrogens is 1. The smallest absolute Gasteiger partial charge is 0.408 e. The van der Waals surface area contributed by atoms with Crippen LogP contribution in [0.5, 0.6) is 0 Å². The molecule has 120 valence electrons. The van der Waals surface area contributed by atoms with E-state index in [0.717, 1.165) is 5.56 Å². The topological polar surface area (TPSA) is 92.2 Å². The predicted octanol–water partition coefficient (Wildman–Crippen LogP) is 1.95. The lowest BCUT2D eigenvalue weighted by Gasteiger charge is -2.09. The standard InChI is InChI=1S/C16H16N2O4S/c1-11-4-2-3-5-15(11)23(20,21)17-9-8-12-6-7-14-13(10-12)18-16(19)22-14/h2-7,10,17H,8-9H2,1H3,(H,18,19). The van der Waals surface area contributed by atoms with Crippen LogP contribution >= 0.6 is 0 Å². The van der Waals surface area contributed by atoms with E-state index in [1.807, 2.05) is 0 Å². The van der Waals surface area contributed by atoms with Gasteiger partial charge >= 0.3 is 5.76 Å². The molecule has 3 aromatic rings. The third-order valence-corrected chi connectivity index (χ3v) is 5.19. The van der Waals surface area contributed by atoms with E-state index in [2.05, 4.69) is 9.71 Å². The van der Waals surface area contributed by atoms with E-state index >= 15 is 0 Å². The van der Waals surface area contributed by atoms with E-state index in [1.165, 1.54) is 0 Å². The molecule has 0 spiro atoms. The third kappa shape index (κ3) is 3.35. The molecule has 7 heteroatoms. The Balaban J connectivity index is 1.70. The van der Waals surface area contributed by atoms with Crippen molar-refractivity contribution in [2.75, 3.05) is 6.54 Å². The second kappa shape index (κ2) is 6.02. The lowest BCUT2D eigenvalue weighted by molar-refractivity contribution is 0.555. The van der Waals surface area contributed by atoms with Gasteiger partial charge < -0.3 is 4.42 Å². The molecular formula is C16H16N2O4S. The number of nitrogens with one attached hydrogen (secondary N) is 2. The van der Waals surface area contributed by atoms with Crippen LogP contribution in [0, 0.1) is 6.92 Å². The monoisotopic (exact) mass is 332 g/mol. The van der Waals surface area contributed by atoms with Gasteiger partial charge in [0, 0.05) is 6.54 Å². The number of aryl methyl sites for hydroxylation is 1. The van der Waals surface area contributed by atoms with Crippen molar-refractivity contribution in [1.82, 2.24) is 9.71 Å². The van der Waals surface area contributed by atoms with Crippen molar-refractivity contribution in [2.45, 2.75) is 18.2 Å². The van der Waals surface area contributed by atoms with Gasteiger partial charge in [-0.3, -0.25) is 4.98 Å². The van der Waals surface area contributed by atoms with Crippen LogP contribution in [0.1, 0.15) is 11.1 Å². The normalized spacial score (nSPS) is 11.9. The first-order chi connectivity index (χ1) is 11.0. The number of aromatic amines is 1. The molecule has 0 radical (unpaired) electrons. The van der Waals surface area contributed by atoms with Gasteiger partial charge in [-0.2, -0.15) is 0 Å². The van der Waals surface area contributed by atoms with Crippen molar-refractivity contribution in [3.8, 4) is 0 Å². The molecule has 0 aliphatic carbocycles. The van der Waals surface area contributed by atoms with E-state index < -0.39 is 15.8 Å². The van der Waals surface area contributed by atoms with Crippen LogP contribution in [0.25, 0.3) is 11.1 Å². The summed E-state index contributed by atoms with van der Waals surface area (Å²) in [6.07, 6.45) is 0.508. The number of sulfonamides is 1. The van der Waals surface area contributed by atoms with Gasteiger partial charge in [0.15, 0.2) is 5.58 Å². The molecule has 0 unspecified atom stereocenters. The fraction of sp³-hybridized carbons (Fsp3) is 0.188. The van der Waals surface area contributed by atoms with Crippen LogP contribution in [0.15, 0.2) is 56.6 Å². The fourth-order valence-electron chi connectivity index (χ4n) is 2.42. The van der Waals surface area contributed by atoms with E-state index in [1.54, 1.807) is 49.4 Å². The van der Waals surface area contributed by atoms with Crippen LogP contribution in [0.3, 0.4) is 0 Å². The summed E-state index contributed by atoms with van der Waals surface area (Å²) in [5.41, 5.74) is 2.70. The summed E-state index contributed by atoms with van der Waals surface area (Å²) < 4.78 is 32.1. The lowest BCUT2D eigenvalue weighted by atomic mass is 10.1. The molecular weight excluding hydrogens is 316 g/mol. The Morgan fingerprint density at radius 3 is 2.74 bits per heavy atom. The minimum absolute atomic E-state index is 0.268. The van der Waals surface area contributed by atoms with Gasteiger partial charge in [0.25, 0.3) is 0 Å². The highest BCUT2D eigenvalue weighted by molar-refractivity contribution is 7.89. The molecule has 0 bridgehead atoms. The molecule has 0 saturated heterocycles. The van der Waals surface area contributed by atoms with Crippen molar-refractivity contribution < 1.29 is 12.8 Å². The highest BCUT2D eigenvalue weighted by Gasteiger charge is 2.15. The van der Waals surface area contributed by atoms with E-state index in [9.17, 15) is 13.2 Å². The maximum Gasteiger partial charge on any atom is 0.417 e. The molecule has 1 heterocycles. The zero-order chi connectivity index (χ0) is 16.4. The molecule has 0 atom stereocenters. The third-order valence-electron chi connectivity index (χ3n) is 3.57. The van der Waals surface area contributed by atoms with Crippen LogP contribution in [0.2, 0.25) is 0 Å². The van der Waals surface area contributed by atoms with Crippen LogP contribution in [-0.2, 0) is 16.4 Å². The molecule has 0 amide bonds. The Bertz CT molecular complexity index is 1000. The summed E-state index contributed by atoms with van der Waals surface area (Å²) in [5, 5.41) is 0. The number of rotatable bonds is 5. The van der Waals surface area contributed by atoms with Gasteiger partial charge in [0.1, 0.15) is 0 Å². The summed E-state index contributed by atoms with van der Waals surface area (Å²) in [4.78, 5) is 14.0. The first-order valence-corrected chi connectivity index (χ1v) is 8.61. The maximum absolute atomic E-state index is 12.3. The predicted molar refractivity (Wildman–Crippen MR) is 86.9 cm³/mol. The first kappa shape index (κ1) is 15.5. The van der Waals surface area contributed by atoms with Crippen molar-refractivity contribution in [3.63, 3.8) is 0 Å². The SMILES string of the molecule is Cc1ccccc1S(=O)(=O)NCCc1ccc2oc(=O)[nH]c2c1. The molecule has 0 aliphatic rings. The largest absolute Gasteiger partial charge is 0.417 e. The van der Waals surface area contributed by atoms with Crippen molar-refractivity contribution >= 4 is 21.1 Å². The second-order valence-corrected chi connectivity index (χ2v) is 6.99. The van der Waals surface area contributed by atoms with Gasteiger partial charge in [0.2, 0.25) is 10.0 Å². The average Bonchev–Trinajstić information content (AvgIpc) is 2.86.